The molecule has 1 fully saturated rings. The summed E-state index contributed by atoms with van der Waals surface area (Å²) in [5, 5.41) is 9.31. The van der Waals surface area contributed by atoms with Crippen LogP contribution in [0.15, 0.2) is 0 Å². The minimum absolute atomic E-state index is 0.137. The van der Waals surface area contributed by atoms with Crippen molar-refractivity contribution in [3.8, 4) is 0 Å². The number of hydrogen-bond donors (Lipinski definition) is 2. The van der Waals surface area contributed by atoms with E-state index in [2.05, 4.69) is 0 Å². The minimum Gasteiger partial charge on any atom is -0.480 e. The van der Waals surface area contributed by atoms with E-state index >= 15 is 0 Å². The summed E-state index contributed by atoms with van der Waals surface area (Å²) in [5.74, 6) is -1.79. The van der Waals surface area contributed by atoms with Crippen molar-refractivity contribution in [1.29, 1.82) is 0 Å². The zero-order chi connectivity index (χ0) is 14.0. The van der Waals surface area contributed by atoms with Gasteiger partial charge in [-0.3, -0.25) is 9.59 Å². The first-order valence-electron chi connectivity index (χ1n) is 6.39. The first-order valence-corrected chi connectivity index (χ1v) is 6.39. The molecule has 0 aromatic heterocycles. The monoisotopic (exact) mass is 257 g/mol. The molecular formula is C13H23NO4. The van der Waals surface area contributed by atoms with Gasteiger partial charge in [-0.25, -0.2) is 0 Å². The molecule has 1 aliphatic carbocycles. The minimum atomic E-state index is -1.49. The molecule has 0 radical (unpaired) electrons. The van der Waals surface area contributed by atoms with Crippen molar-refractivity contribution in [2.75, 3.05) is 0 Å². The maximum atomic E-state index is 11.8. The molecule has 0 spiro atoms. The number of esters is 1. The topological polar surface area (TPSA) is 89.6 Å². The maximum absolute atomic E-state index is 11.8. The van der Waals surface area contributed by atoms with Gasteiger partial charge in [-0.05, 0) is 39.5 Å². The summed E-state index contributed by atoms with van der Waals surface area (Å²) in [6.07, 6.45) is 3.23. The van der Waals surface area contributed by atoms with Gasteiger partial charge < -0.3 is 15.6 Å². The van der Waals surface area contributed by atoms with E-state index < -0.39 is 23.1 Å². The molecule has 3 N–H and O–H groups in total. The van der Waals surface area contributed by atoms with Gasteiger partial charge in [0.05, 0.1) is 6.42 Å². The van der Waals surface area contributed by atoms with Gasteiger partial charge in [0.2, 0.25) is 0 Å². The third kappa shape index (κ3) is 3.70. The van der Waals surface area contributed by atoms with Crippen molar-refractivity contribution in [2.45, 2.75) is 64.0 Å². The molecular weight excluding hydrogens is 234 g/mol. The van der Waals surface area contributed by atoms with Gasteiger partial charge in [-0.1, -0.05) is 12.8 Å². The normalized spacial score (nSPS) is 20.4. The highest BCUT2D eigenvalue weighted by molar-refractivity contribution is 5.86. The Morgan fingerprint density at radius 2 is 1.78 bits per heavy atom. The molecule has 1 aliphatic rings. The number of aliphatic carboxylic acids is 1. The number of rotatable bonds is 4. The van der Waals surface area contributed by atoms with Gasteiger partial charge in [0, 0.05) is 0 Å². The summed E-state index contributed by atoms with van der Waals surface area (Å²) in [6, 6.07) is 0. The van der Waals surface area contributed by atoms with Gasteiger partial charge >= 0.3 is 11.9 Å². The zero-order valence-electron chi connectivity index (χ0n) is 11.4. The van der Waals surface area contributed by atoms with Crippen LogP contribution in [-0.4, -0.2) is 28.2 Å². The average molecular weight is 257 g/mol. The summed E-state index contributed by atoms with van der Waals surface area (Å²) in [6.45, 7) is 5.25. The molecule has 18 heavy (non-hydrogen) atoms. The van der Waals surface area contributed by atoms with Crippen LogP contribution in [-0.2, 0) is 14.3 Å². The van der Waals surface area contributed by atoms with Crippen LogP contribution in [0.25, 0.3) is 0 Å². The van der Waals surface area contributed by atoms with Crippen LogP contribution in [0.3, 0.4) is 0 Å². The van der Waals surface area contributed by atoms with Crippen LogP contribution >= 0.6 is 0 Å². The smallest absolute Gasteiger partial charge is 0.324 e. The van der Waals surface area contributed by atoms with Crippen LogP contribution in [0.5, 0.6) is 0 Å². The predicted octanol–water partition coefficient (Wildman–Crippen LogP) is 1.69. The molecule has 1 rings (SSSR count). The highest BCUT2D eigenvalue weighted by Crippen LogP contribution is 2.35. The first-order chi connectivity index (χ1) is 8.15. The fourth-order valence-corrected chi connectivity index (χ4v) is 2.45. The Hall–Kier alpha value is -1.10. The number of ether oxygens (including phenoxy) is 1. The third-order valence-corrected chi connectivity index (χ3v) is 3.34. The fraction of sp³-hybridized carbons (Fsp3) is 0.846. The lowest BCUT2D eigenvalue weighted by atomic mass is 9.81. The van der Waals surface area contributed by atoms with Gasteiger partial charge in [-0.2, -0.15) is 0 Å². The van der Waals surface area contributed by atoms with Crippen molar-refractivity contribution in [1.82, 2.24) is 0 Å². The zero-order valence-corrected chi connectivity index (χ0v) is 11.4. The molecule has 1 unspecified atom stereocenters. The van der Waals surface area contributed by atoms with Crippen molar-refractivity contribution in [3.63, 3.8) is 0 Å². The van der Waals surface area contributed by atoms with E-state index in [-0.39, 0.29) is 12.3 Å². The Bertz CT molecular complexity index is 328. The molecule has 0 aromatic rings. The van der Waals surface area contributed by atoms with E-state index in [1.54, 1.807) is 20.8 Å². The summed E-state index contributed by atoms with van der Waals surface area (Å²) >= 11 is 0. The SMILES string of the molecule is CC(C)(C)OC(=O)CC(N)(C(=O)O)C1CCCC1. The lowest BCUT2D eigenvalue weighted by Crippen LogP contribution is -2.55. The quantitative estimate of drug-likeness (QED) is 0.748. The number of hydrogen-bond acceptors (Lipinski definition) is 4. The second kappa shape index (κ2) is 5.26. The summed E-state index contributed by atoms with van der Waals surface area (Å²) in [4.78, 5) is 23.1. The Morgan fingerprint density at radius 3 is 2.17 bits per heavy atom. The van der Waals surface area contributed by atoms with Gasteiger partial charge in [0.25, 0.3) is 0 Å². The van der Waals surface area contributed by atoms with E-state index in [4.69, 9.17) is 10.5 Å². The molecule has 0 amide bonds. The molecule has 0 saturated heterocycles. The fourth-order valence-electron chi connectivity index (χ4n) is 2.45. The van der Waals surface area contributed by atoms with Crippen molar-refractivity contribution in [3.05, 3.63) is 0 Å². The molecule has 0 heterocycles. The molecule has 5 heteroatoms. The lowest BCUT2D eigenvalue weighted by Gasteiger charge is -2.31. The molecule has 0 aromatic carbocycles. The molecule has 1 atom stereocenters. The Labute approximate surface area is 108 Å². The van der Waals surface area contributed by atoms with Crippen molar-refractivity contribution in [2.24, 2.45) is 11.7 Å². The summed E-state index contributed by atoms with van der Waals surface area (Å²) < 4.78 is 5.16. The average Bonchev–Trinajstić information content (AvgIpc) is 2.66. The molecule has 5 nitrogen and oxygen atoms in total. The molecule has 0 bridgehead atoms. The van der Waals surface area contributed by atoms with Crippen LogP contribution in [0.1, 0.15) is 52.9 Å². The van der Waals surface area contributed by atoms with E-state index in [9.17, 15) is 14.7 Å². The Kier molecular flexibility index (Phi) is 4.37. The molecule has 0 aliphatic heterocycles. The van der Waals surface area contributed by atoms with E-state index in [1.807, 2.05) is 0 Å². The van der Waals surface area contributed by atoms with E-state index in [1.165, 1.54) is 0 Å². The first kappa shape index (κ1) is 15.0. The van der Waals surface area contributed by atoms with Crippen LogP contribution < -0.4 is 5.73 Å². The predicted molar refractivity (Wildman–Crippen MR) is 67.0 cm³/mol. The maximum Gasteiger partial charge on any atom is 0.324 e. The standard InChI is InChI=1S/C13H23NO4/c1-12(2,3)18-10(15)8-13(14,11(16)17)9-6-4-5-7-9/h9H,4-8,14H2,1-3H3,(H,16,17). The van der Waals surface area contributed by atoms with Crippen LogP contribution in [0, 0.1) is 5.92 Å². The van der Waals surface area contributed by atoms with Gasteiger partial charge in [-0.15, -0.1) is 0 Å². The number of carbonyl (C=O) groups excluding carboxylic acids is 1. The highest BCUT2D eigenvalue weighted by Gasteiger charge is 2.45. The number of carbonyl (C=O) groups is 2. The lowest BCUT2D eigenvalue weighted by molar-refractivity contribution is -0.162. The second-order valence-electron chi connectivity index (χ2n) is 6.09. The number of carboxylic acid groups (broad SMARTS) is 1. The van der Waals surface area contributed by atoms with E-state index in [0.29, 0.717) is 0 Å². The van der Waals surface area contributed by atoms with Gasteiger partial charge in [0.1, 0.15) is 11.1 Å². The second-order valence-corrected chi connectivity index (χ2v) is 6.09. The Balaban J connectivity index is 2.74. The largest absolute Gasteiger partial charge is 0.480 e. The van der Waals surface area contributed by atoms with Crippen molar-refractivity contribution < 1.29 is 19.4 Å². The number of nitrogens with two attached hydrogens (primary N) is 1. The molecule has 1 saturated carbocycles. The summed E-state index contributed by atoms with van der Waals surface area (Å²) in [5.41, 5.74) is 3.86. The molecule has 104 valence electrons. The van der Waals surface area contributed by atoms with Crippen LogP contribution in [0.2, 0.25) is 0 Å². The number of carboxylic acids is 1. The highest BCUT2D eigenvalue weighted by atomic mass is 16.6. The van der Waals surface area contributed by atoms with E-state index in [0.717, 1.165) is 25.7 Å². The van der Waals surface area contributed by atoms with Crippen LogP contribution in [0.4, 0.5) is 0 Å². The van der Waals surface area contributed by atoms with Gasteiger partial charge in [0.15, 0.2) is 0 Å². The third-order valence-electron chi connectivity index (χ3n) is 3.34. The Morgan fingerprint density at radius 1 is 1.28 bits per heavy atom. The summed E-state index contributed by atoms with van der Waals surface area (Å²) in [7, 11) is 0. The van der Waals surface area contributed by atoms with Crippen molar-refractivity contribution >= 4 is 11.9 Å².